The van der Waals surface area contributed by atoms with Crippen LogP contribution >= 0.6 is 0 Å². The molecule has 17 heavy (non-hydrogen) atoms. The zero-order valence-corrected chi connectivity index (χ0v) is 10.8. The Morgan fingerprint density at radius 1 is 1.41 bits per heavy atom. The van der Waals surface area contributed by atoms with Crippen LogP contribution in [0.5, 0.6) is 0 Å². The minimum atomic E-state index is 0.0550. The third-order valence-electron chi connectivity index (χ3n) is 3.73. The molecule has 0 aromatic carbocycles. The summed E-state index contributed by atoms with van der Waals surface area (Å²) in [6.45, 7) is 5.52. The minimum Gasteiger partial charge on any atom is -0.376 e. The summed E-state index contributed by atoms with van der Waals surface area (Å²) in [6, 6.07) is 0.0550. The number of rotatable bonds is 2. The van der Waals surface area contributed by atoms with Crippen molar-refractivity contribution in [1.29, 1.82) is 0 Å². The lowest BCUT2D eigenvalue weighted by Crippen LogP contribution is -2.50. The lowest BCUT2D eigenvalue weighted by Gasteiger charge is -2.30. The van der Waals surface area contributed by atoms with Crippen LogP contribution in [0.25, 0.3) is 0 Å². The van der Waals surface area contributed by atoms with Crippen molar-refractivity contribution in [2.75, 3.05) is 26.2 Å². The highest BCUT2D eigenvalue weighted by Crippen LogP contribution is 2.14. The molecule has 4 nitrogen and oxygen atoms in total. The summed E-state index contributed by atoms with van der Waals surface area (Å²) in [7, 11) is 0. The van der Waals surface area contributed by atoms with Crippen LogP contribution in [-0.2, 0) is 9.53 Å². The molecule has 2 aliphatic heterocycles. The van der Waals surface area contributed by atoms with E-state index in [2.05, 4.69) is 12.2 Å². The molecule has 1 unspecified atom stereocenters. The first kappa shape index (κ1) is 12.8. The molecule has 0 saturated carbocycles. The number of ether oxygens (including phenoxy) is 1. The molecule has 0 radical (unpaired) electrons. The van der Waals surface area contributed by atoms with Gasteiger partial charge in [0, 0.05) is 19.7 Å². The van der Waals surface area contributed by atoms with Crippen LogP contribution in [0.15, 0.2) is 0 Å². The van der Waals surface area contributed by atoms with Gasteiger partial charge in [-0.15, -0.1) is 0 Å². The van der Waals surface area contributed by atoms with Crippen LogP contribution < -0.4 is 5.32 Å². The molecule has 2 atom stereocenters. The first-order valence-electron chi connectivity index (χ1n) is 6.95. The molecule has 0 spiro atoms. The minimum absolute atomic E-state index is 0.0550. The second-order valence-electron chi connectivity index (χ2n) is 5.04. The maximum Gasteiger partial charge on any atom is 0.239 e. The van der Waals surface area contributed by atoms with Gasteiger partial charge in [0.15, 0.2) is 0 Å². The third-order valence-corrected chi connectivity index (χ3v) is 3.73. The van der Waals surface area contributed by atoms with Gasteiger partial charge in [0.05, 0.1) is 12.1 Å². The van der Waals surface area contributed by atoms with Gasteiger partial charge >= 0.3 is 0 Å². The monoisotopic (exact) mass is 240 g/mol. The number of carbonyl (C=O) groups excluding carboxylic acids is 1. The Morgan fingerprint density at radius 3 is 3.00 bits per heavy atom. The Hall–Kier alpha value is -0.610. The van der Waals surface area contributed by atoms with E-state index in [0.717, 1.165) is 45.5 Å². The molecule has 0 aromatic rings. The Bertz CT molecular complexity index is 252. The van der Waals surface area contributed by atoms with Gasteiger partial charge in [-0.3, -0.25) is 4.79 Å². The van der Waals surface area contributed by atoms with Crippen LogP contribution in [0.4, 0.5) is 0 Å². The van der Waals surface area contributed by atoms with E-state index in [9.17, 15) is 4.79 Å². The molecule has 0 aliphatic carbocycles. The molecular formula is C13H24N2O2. The van der Waals surface area contributed by atoms with Crippen LogP contribution in [0.3, 0.4) is 0 Å². The van der Waals surface area contributed by atoms with E-state index in [1.807, 2.05) is 4.90 Å². The predicted octanol–water partition coefficient (Wildman–Crippen LogP) is 1.16. The highest BCUT2D eigenvalue weighted by Gasteiger charge is 2.28. The van der Waals surface area contributed by atoms with E-state index in [1.54, 1.807) is 0 Å². The second-order valence-corrected chi connectivity index (χ2v) is 5.04. The van der Waals surface area contributed by atoms with E-state index in [4.69, 9.17) is 4.74 Å². The predicted molar refractivity (Wildman–Crippen MR) is 66.9 cm³/mol. The highest BCUT2D eigenvalue weighted by molar-refractivity contribution is 5.82. The number of carbonyl (C=O) groups is 1. The molecule has 2 rings (SSSR count). The normalized spacial score (nSPS) is 31.0. The molecular weight excluding hydrogens is 216 g/mol. The fourth-order valence-electron chi connectivity index (χ4n) is 2.63. The molecule has 1 N–H and O–H groups in total. The van der Waals surface area contributed by atoms with Gasteiger partial charge < -0.3 is 15.0 Å². The Labute approximate surface area is 104 Å². The fraction of sp³-hybridized carbons (Fsp3) is 0.923. The van der Waals surface area contributed by atoms with E-state index >= 15 is 0 Å². The maximum atomic E-state index is 12.4. The SMILES string of the molecule is CCC1CN(C(=O)[C@@H]2CCCCN2)CCCO1. The van der Waals surface area contributed by atoms with Crippen molar-refractivity contribution in [2.45, 2.75) is 51.2 Å². The molecule has 0 bridgehead atoms. The van der Waals surface area contributed by atoms with Crippen molar-refractivity contribution >= 4 is 5.91 Å². The van der Waals surface area contributed by atoms with Crippen LogP contribution in [0.1, 0.15) is 39.0 Å². The summed E-state index contributed by atoms with van der Waals surface area (Å²) in [5.41, 5.74) is 0. The summed E-state index contributed by atoms with van der Waals surface area (Å²) in [5, 5.41) is 3.34. The molecule has 1 amide bonds. The number of hydrogen-bond acceptors (Lipinski definition) is 3. The molecule has 98 valence electrons. The summed E-state index contributed by atoms with van der Waals surface area (Å²) in [5.74, 6) is 0.286. The number of nitrogens with one attached hydrogen (secondary N) is 1. The fourth-order valence-corrected chi connectivity index (χ4v) is 2.63. The lowest BCUT2D eigenvalue weighted by molar-refractivity contribution is -0.134. The zero-order chi connectivity index (χ0) is 12.1. The lowest BCUT2D eigenvalue weighted by atomic mass is 10.0. The molecule has 2 aliphatic rings. The molecule has 4 heteroatoms. The number of piperidine rings is 1. The largest absolute Gasteiger partial charge is 0.376 e. The van der Waals surface area contributed by atoms with Gasteiger partial charge in [-0.2, -0.15) is 0 Å². The summed E-state index contributed by atoms with van der Waals surface area (Å²) < 4.78 is 5.71. The van der Waals surface area contributed by atoms with Gasteiger partial charge in [0.2, 0.25) is 5.91 Å². The molecule has 2 saturated heterocycles. The first-order chi connectivity index (χ1) is 8.31. The average Bonchev–Trinajstić information content (AvgIpc) is 2.64. The molecule has 0 aromatic heterocycles. The van der Waals surface area contributed by atoms with Crippen molar-refractivity contribution in [3.05, 3.63) is 0 Å². The number of nitrogens with zero attached hydrogens (tertiary/aromatic N) is 1. The van der Waals surface area contributed by atoms with E-state index in [-0.39, 0.29) is 18.1 Å². The van der Waals surface area contributed by atoms with Gasteiger partial charge in [-0.25, -0.2) is 0 Å². The van der Waals surface area contributed by atoms with Crippen molar-refractivity contribution < 1.29 is 9.53 Å². The van der Waals surface area contributed by atoms with Crippen molar-refractivity contribution in [1.82, 2.24) is 10.2 Å². The zero-order valence-electron chi connectivity index (χ0n) is 10.8. The Kier molecular flexibility index (Phi) is 4.80. The van der Waals surface area contributed by atoms with Crippen molar-refractivity contribution in [3.63, 3.8) is 0 Å². The van der Waals surface area contributed by atoms with E-state index < -0.39 is 0 Å². The Morgan fingerprint density at radius 2 is 2.29 bits per heavy atom. The van der Waals surface area contributed by atoms with Gasteiger partial charge in [0.1, 0.15) is 0 Å². The summed E-state index contributed by atoms with van der Waals surface area (Å²) in [6.07, 6.45) is 5.55. The average molecular weight is 240 g/mol. The summed E-state index contributed by atoms with van der Waals surface area (Å²) in [4.78, 5) is 14.4. The molecule has 2 heterocycles. The molecule has 2 fully saturated rings. The number of amides is 1. The topological polar surface area (TPSA) is 41.6 Å². The Balaban J connectivity index is 1.91. The van der Waals surface area contributed by atoms with Crippen molar-refractivity contribution in [3.8, 4) is 0 Å². The third kappa shape index (κ3) is 3.42. The van der Waals surface area contributed by atoms with Crippen LogP contribution in [0, 0.1) is 0 Å². The van der Waals surface area contributed by atoms with Crippen molar-refractivity contribution in [2.24, 2.45) is 0 Å². The highest BCUT2D eigenvalue weighted by atomic mass is 16.5. The van der Waals surface area contributed by atoms with Crippen LogP contribution in [-0.4, -0.2) is 49.2 Å². The quantitative estimate of drug-likeness (QED) is 0.787. The maximum absolute atomic E-state index is 12.4. The van der Waals surface area contributed by atoms with Gasteiger partial charge in [-0.05, 0) is 32.2 Å². The second kappa shape index (κ2) is 6.36. The smallest absolute Gasteiger partial charge is 0.239 e. The number of hydrogen-bond donors (Lipinski definition) is 1. The summed E-state index contributed by atoms with van der Waals surface area (Å²) >= 11 is 0. The van der Waals surface area contributed by atoms with Gasteiger partial charge in [-0.1, -0.05) is 13.3 Å². The van der Waals surface area contributed by atoms with E-state index in [0.29, 0.717) is 0 Å². The van der Waals surface area contributed by atoms with Gasteiger partial charge in [0.25, 0.3) is 0 Å². The van der Waals surface area contributed by atoms with E-state index in [1.165, 1.54) is 12.8 Å². The van der Waals surface area contributed by atoms with Crippen LogP contribution in [0.2, 0.25) is 0 Å². The standard InChI is InChI=1S/C13H24N2O2/c1-2-11-10-15(8-5-9-17-11)13(16)12-6-3-4-7-14-12/h11-12,14H,2-10H2,1H3/t11?,12-/m0/s1. The first-order valence-corrected chi connectivity index (χ1v) is 6.95.